The Morgan fingerprint density at radius 2 is 2.00 bits per heavy atom. The van der Waals surface area contributed by atoms with Crippen molar-refractivity contribution in [3.8, 4) is 0 Å². The van der Waals surface area contributed by atoms with Crippen LogP contribution in [0.1, 0.15) is 37.8 Å². The predicted octanol–water partition coefficient (Wildman–Crippen LogP) is 5.37. The molecule has 2 bridgehead atoms. The zero-order chi connectivity index (χ0) is 14.2. The first kappa shape index (κ1) is 13.8. The minimum absolute atomic E-state index is 0.579. The van der Waals surface area contributed by atoms with Gasteiger partial charge in [0.25, 0.3) is 0 Å². The molecule has 1 nitrogen and oxygen atoms in total. The molecule has 0 spiro atoms. The normalized spacial score (nSPS) is 29.1. The van der Waals surface area contributed by atoms with E-state index in [4.69, 9.17) is 4.98 Å². The molecule has 2 heteroatoms. The first-order valence-corrected chi connectivity index (χ1v) is 9.18. The molecule has 1 aromatic heterocycles. The molecular weight excluding hydrogens is 322 g/mol. The summed E-state index contributed by atoms with van der Waals surface area (Å²) in [4.78, 5) is 5.39. The minimum Gasteiger partial charge on any atom is -0.253 e. The summed E-state index contributed by atoms with van der Waals surface area (Å²) in [5.41, 5.74) is 2.34. The van der Waals surface area contributed by atoms with Gasteiger partial charge < -0.3 is 0 Å². The van der Waals surface area contributed by atoms with Gasteiger partial charge in [-0.2, -0.15) is 0 Å². The molecule has 2 saturated carbocycles. The first-order valence-electron chi connectivity index (χ1n) is 8.26. The second-order valence-corrected chi connectivity index (χ2v) is 8.26. The molecule has 4 unspecified atom stereocenters. The molecule has 0 N–H and O–H groups in total. The van der Waals surface area contributed by atoms with E-state index < -0.39 is 0 Å². The van der Waals surface area contributed by atoms with Crippen molar-refractivity contribution < 1.29 is 0 Å². The van der Waals surface area contributed by atoms with E-state index in [1.54, 1.807) is 0 Å². The van der Waals surface area contributed by atoms with Crippen LogP contribution >= 0.6 is 15.9 Å². The van der Waals surface area contributed by atoms with E-state index in [9.17, 15) is 0 Å². The minimum atomic E-state index is 0.579. The van der Waals surface area contributed by atoms with E-state index in [0.717, 1.165) is 29.7 Å². The number of fused-ring (bicyclic) bond motifs is 3. The molecule has 1 heterocycles. The Bertz CT molecular complexity index is 638. The summed E-state index contributed by atoms with van der Waals surface area (Å²) in [5, 5.41) is 1.24. The van der Waals surface area contributed by atoms with Crippen molar-refractivity contribution in [1.29, 1.82) is 0 Å². The molecule has 2 aliphatic carbocycles. The largest absolute Gasteiger partial charge is 0.253 e. The number of hydrogen-bond acceptors (Lipinski definition) is 1. The van der Waals surface area contributed by atoms with Gasteiger partial charge in [0, 0.05) is 22.3 Å². The Hall–Kier alpha value is -0.890. The molecule has 4 atom stereocenters. The number of alkyl halides is 1. The van der Waals surface area contributed by atoms with E-state index in [-0.39, 0.29) is 0 Å². The Balaban J connectivity index is 1.42. The van der Waals surface area contributed by atoms with E-state index in [2.05, 4.69) is 52.3 Å². The summed E-state index contributed by atoms with van der Waals surface area (Å²) >= 11 is 3.92. The van der Waals surface area contributed by atoms with Crippen LogP contribution in [0.2, 0.25) is 0 Å². The lowest BCUT2D eigenvalue weighted by molar-refractivity contribution is 0.312. The lowest BCUT2D eigenvalue weighted by Gasteiger charge is -2.24. The molecule has 4 rings (SSSR count). The van der Waals surface area contributed by atoms with Crippen molar-refractivity contribution in [1.82, 2.24) is 4.98 Å². The Morgan fingerprint density at radius 3 is 2.81 bits per heavy atom. The van der Waals surface area contributed by atoms with Gasteiger partial charge in [0.15, 0.2) is 0 Å². The molecule has 110 valence electrons. The van der Waals surface area contributed by atoms with Crippen LogP contribution in [-0.4, -0.2) is 9.81 Å². The molecule has 2 fully saturated rings. The quantitative estimate of drug-likeness (QED) is 0.680. The fraction of sp³-hybridized carbons (Fsp3) is 0.526. The summed E-state index contributed by atoms with van der Waals surface area (Å²) in [6.07, 6.45) is 8.37. The third-order valence-electron chi connectivity index (χ3n) is 5.53. The van der Waals surface area contributed by atoms with Gasteiger partial charge in [-0.1, -0.05) is 46.6 Å². The third-order valence-corrected chi connectivity index (χ3v) is 6.23. The highest BCUT2D eigenvalue weighted by Gasteiger charge is 2.39. The fourth-order valence-corrected chi connectivity index (χ4v) is 5.34. The summed E-state index contributed by atoms with van der Waals surface area (Å²) in [7, 11) is 0. The number of para-hydroxylation sites is 1. The van der Waals surface area contributed by atoms with Crippen LogP contribution in [-0.2, 0) is 6.42 Å². The van der Waals surface area contributed by atoms with Gasteiger partial charge in [-0.3, -0.25) is 4.98 Å². The van der Waals surface area contributed by atoms with Gasteiger partial charge in [-0.15, -0.1) is 0 Å². The number of rotatable bonds is 4. The zero-order valence-electron chi connectivity index (χ0n) is 12.3. The smallest absolute Gasteiger partial charge is 0.0705 e. The van der Waals surface area contributed by atoms with Crippen LogP contribution in [0.15, 0.2) is 36.4 Å². The monoisotopic (exact) mass is 343 g/mol. The summed E-state index contributed by atoms with van der Waals surface area (Å²) in [6.45, 7) is 0. The molecule has 2 aliphatic rings. The van der Waals surface area contributed by atoms with Gasteiger partial charge in [0.2, 0.25) is 0 Å². The predicted molar refractivity (Wildman–Crippen MR) is 91.7 cm³/mol. The van der Waals surface area contributed by atoms with Gasteiger partial charge in [0.1, 0.15) is 0 Å². The average molecular weight is 344 g/mol. The van der Waals surface area contributed by atoms with Crippen LogP contribution in [0, 0.1) is 17.8 Å². The third kappa shape index (κ3) is 2.88. The van der Waals surface area contributed by atoms with Crippen molar-refractivity contribution in [3.63, 3.8) is 0 Å². The van der Waals surface area contributed by atoms with Crippen molar-refractivity contribution in [3.05, 3.63) is 42.1 Å². The molecule has 1 aromatic carbocycles. The molecule has 0 radical (unpaired) electrons. The van der Waals surface area contributed by atoms with Crippen molar-refractivity contribution in [2.45, 2.75) is 43.4 Å². The van der Waals surface area contributed by atoms with E-state index in [1.807, 2.05) is 0 Å². The summed E-state index contributed by atoms with van der Waals surface area (Å²) in [5.74, 6) is 3.05. The van der Waals surface area contributed by atoms with Gasteiger partial charge >= 0.3 is 0 Å². The number of pyridine rings is 1. The van der Waals surface area contributed by atoms with E-state index in [0.29, 0.717) is 4.83 Å². The van der Waals surface area contributed by atoms with Crippen LogP contribution in [0.4, 0.5) is 0 Å². The van der Waals surface area contributed by atoms with Crippen molar-refractivity contribution in [2.24, 2.45) is 17.8 Å². The van der Waals surface area contributed by atoms with Gasteiger partial charge in [-0.05, 0) is 55.6 Å². The lowest BCUT2D eigenvalue weighted by Crippen LogP contribution is -2.17. The zero-order valence-corrected chi connectivity index (χ0v) is 13.9. The number of hydrogen-bond donors (Lipinski definition) is 0. The van der Waals surface area contributed by atoms with Crippen LogP contribution in [0.5, 0.6) is 0 Å². The Morgan fingerprint density at radius 1 is 1.10 bits per heavy atom. The lowest BCUT2D eigenvalue weighted by atomic mass is 9.85. The van der Waals surface area contributed by atoms with Crippen molar-refractivity contribution in [2.75, 3.05) is 0 Å². The maximum atomic E-state index is 4.81. The second kappa shape index (κ2) is 5.72. The molecular formula is C19H22BrN. The fourth-order valence-electron chi connectivity index (χ4n) is 4.53. The topological polar surface area (TPSA) is 12.9 Å². The average Bonchev–Trinajstić information content (AvgIpc) is 3.09. The Kier molecular flexibility index (Phi) is 3.74. The van der Waals surface area contributed by atoms with Crippen LogP contribution < -0.4 is 0 Å². The van der Waals surface area contributed by atoms with E-state index >= 15 is 0 Å². The maximum absolute atomic E-state index is 4.81. The summed E-state index contributed by atoms with van der Waals surface area (Å²) in [6, 6.07) is 12.8. The van der Waals surface area contributed by atoms with E-state index in [1.165, 1.54) is 43.2 Å². The second-order valence-electron chi connectivity index (χ2n) is 6.97. The number of benzene rings is 1. The highest BCUT2D eigenvalue weighted by molar-refractivity contribution is 9.09. The van der Waals surface area contributed by atoms with Gasteiger partial charge in [-0.25, -0.2) is 0 Å². The van der Waals surface area contributed by atoms with Crippen LogP contribution in [0.25, 0.3) is 10.9 Å². The summed E-state index contributed by atoms with van der Waals surface area (Å²) < 4.78 is 0. The number of halogens is 1. The SMILES string of the molecule is BrC(Cc1ccc2ccccc2n1)CC1CC2CCC1C2. The molecule has 21 heavy (non-hydrogen) atoms. The van der Waals surface area contributed by atoms with Crippen molar-refractivity contribution >= 4 is 26.8 Å². The Labute approximate surface area is 135 Å². The maximum Gasteiger partial charge on any atom is 0.0705 e. The first-order chi connectivity index (χ1) is 10.3. The van der Waals surface area contributed by atoms with Gasteiger partial charge in [0.05, 0.1) is 5.52 Å². The molecule has 0 aliphatic heterocycles. The highest BCUT2D eigenvalue weighted by atomic mass is 79.9. The molecule has 0 saturated heterocycles. The standard InChI is InChI=1S/C19H22BrN/c20-17(11-16-10-13-5-6-15(16)9-13)12-18-8-7-14-3-1-2-4-19(14)21-18/h1-4,7-8,13,15-17H,5-6,9-12H2. The van der Waals surface area contributed by atoms with Crippen LogP contribution in [0.3, 0.4) is 0 Å². The number of aromatic nitrogens is 1. The molecule has 2 aromatic rings. The number of nitrogens with zero attached hydrogens (tertiary/aromatic N) is 1. The molecule has 0 amide bonds. The highest BCUT2D eigenvalue weighted by Crippen LogP contribution is 2.50.